The number of benzene rings is 6. The van der Waals surface area contributed by atoms with Gasteiger partial charge in [-0.05, 0) is 59.7 Å². The van der Waals surface area contributed by atoms with Crippen LogP contribution in [0.25, 0.3) is 0 Å². The Kier molecular flexibility index (Phi) is 8.39. The van der Waals surface area contributed by atoms with Gasteiger partial charge in [0.1, 0.15) is 17.6 Å². The van der Waals surface area contributed by atoms with Crippen molar-refractivity contribution in [2.24, 2.45) is 4.74 Å². The molecular weight excluding hydrogens is 532 g/mol. The van der Waals surface area contributed by atoms with Gasteiger partial charge in [0.2, 0.25) is 0 Å². The average Bonchev–Trinajstić information content (AvgIpc) is 3.07. The summed E-state index contributed by atoms with van der Waals surface area (Å²) in [4.78, 5) is 0. The molecule has 0 saturated heterocycles. The molecule has 0 aliphatic heterocycles. The predicted octanol–water partition coefficient (Wildman–Crippen LogP) is 8.82. The maximum Gasteiger partial charge on any atom is 0.168 e. The minimum absolute atomic E-state index is 0.661. The minimum atomic E-state index is -2.48. The highest BCUT2D eigenvalue weighted by Gasteiger charge is 2.58. The number of nitrogens with zero attached hydrogens (tertiary/aromatic N) is 1. The molecule has 0 aliphatic rings. The minimum Gasteiger partial charge on any atom is -0.254 e. The Morgan fingerprint density at radius 3 is 1.15 bits per heavy atom. The van der Waals surface area contributed by atoms with E-state index in [0.717, 1.165) is 6.16 Å². The third kappa shape index (κ3) is 5.37. The van der Waals surface area contributed by atoms with Gasteiger partial charge in [0.25, 0.3) is 0 Å². The van der Waals surface area contributed by atoms with Crippen LogP contribution in [0.4, 0.5) is 0 Å². The molecule has 0 aromatic heterocycles. The normalized spacial score (nSPS) is 11.6. The third-order valence-corrected chi connectivity index (χ3v) is 20.9. The summed E-state index contributed by atoms with van der Waals surface area (Å²) in [6, 6.07) is 66.7. The highest BCUT2D eigenvalue weighted by Crippen LogP contribution is 2.88. The van der Waals surface area contributed by atoms with Gasteiger partial charge in [0.15, 0.2) is 6.74 Å². The molecule has 200 valence electrons. The standard InChI is InChI=1S/C38H34NP2/c1-7-19-33(20-8-1)31-39-41(37-27-15-5-16-28-37,38-29-17-6-18-30-38)40(35-23-11-3-12-24-35,36-25-13-4-14-26-36)32-34-21-9-2-10-22-34/h1-30H,31-32H2/q+1. The molecule has 0 aliphatic carbocycles. The molecule has 41 heavy (non-hydrogen) atoms. The topological polar surface area (TPSA) is 12.4 Å². The second kappa shape index (κ2) is 12.7. The molecular formula is C38H34NP2+. The number of hydrogen-bond donors (Lipinski definition) is 0. The average molecular weight is 567 g/mol. The molecule has 0 amide bonds. The van der Waals surface area contributed by atoms with E-state index in [4.69, 9.17) is 4.74 Å². The van der Waals surface area contributed by atoms with Crippen LogP contribution in [-0.2, 0) is 12.7 Å². The van der Waals surface area contributed by atoms with E-state index < -0.39 is 13.7 Å². The molecule has 3 heteroatoms. The van der Waals surface area contributed by atoms with Crippen LogP contribution in [0.2, 0.25) is 0 Å². The Morgan fingerprint density at radius 1 is 0.390 bits per heavy atom. The fourth-order valence-corrected chi connectivity index (χ4v) is 20.5. The lowest BCUT2D eigenvalue weighted by Crippen LogP contribution is -2.32. The first kappa shape index (κ1) is 27.2. The number of hydrogen-bond acceptors (Lipinski definition) is 1. The maximum atomic E-state index is 6.05. The molecule has 6 aromatic carbocycles. The van der Waals surface area contributed by atoms with Crippen molar-refractivity contribution in [2.75, 3.05) is 0 Å². The Labute approximate surface area is 244 Å². The van der Waals surface area contributed by atoms with Crippen molar-refractivity contribution in [1.29, 1.82) is 0 Å². The molecule has 0 radical (unpaired) electrons. The summed E-state index contributed by atoms with van der Waals surface area (Å²) < 4.78 is 6.05. The van der Waals surface area contributed by atoms with Crippen LogP contribution in [0.5, 0.6) is 0 Å². The van der Waals surface area contributed by atoms with Gasteiger partial charge in [0, 0.05) is 10.6 Å². The molecule has 0 atom stereocenters. The van der Waals surface area contributed by atoms with Crippen LogP contribution in [-0.4, -0.2) is 0 Å². The summed E-state index contributed by atoms with van der Waals surface area (Å²) in [7, 11) is 0. The van der Waals surface area contributed by atoms with E-state index in [-0.39, 0.29) is 0 Å². The smallest absolute Gasteiger partial charge is 0.168 e. The van der Waals surface area contributed by atoms with Crippen molar-refractivity contribution >= 4 is 34.9 Å². The van der Waals surface area contributed by atoms with Crippen molar-refractivity contribution in [3.8, 4) is 0 Å². The molecule has 0 saturated carbocycles. The third-order valence-electron chi connectivity index (χ3n) is 7.65. The lowest BCUT2D eigenvalue weighted by molar-refractivity contribution is 1.09. The van der Waals surface area contributed by atoms with E-state index >= 15 is 0 Å². The molecule has 0 bridgehead atoms. The predicted molar refractivity (Wildman–Crippen MR) is 181 cm³/mol. The molecule has 1 nitrogen and oxygen atoms in total. The lowest BCUT2D eigenvalue weighted by Gasteiger charge is -2.39. The zero-order chi connectivity index (χ0) is 27.8. The molecule has 6 aromatic rings. The Morgan fingerprint density at radius 2 is 0.732 bits per heavy atom. The number of rotatable bonds is 9. The summed E-state index contributed by atoms with van der Waals surface area (Å²) in [5.74, 6) is 0. The van der Waals surface area contributed by atoms with E-state index in [9.17, 15) is 0 Å². The zero-order valence-corrected chi connectivity index (χ0v) is 24.9. The van der Waals surface area contributed by atoms with Gasteiger partial charge in [0.05, 0.1) is 12.7 Å². The highest BCUT2D eigenvalue weighted by molar-refractivity contribution is 8.53. The molecule has 0 fully saturated rings. The summed E-state index contributed by atoms with van der Waals surface area (Å²) in [6.07, 6.45) is 0.928. The van der Waals surface area contributed by atoms with E-state index in [1.165, 1.54) is 32.3 Å². The van der Waals surface area contributed by atoms with Gasteiger partial charge < -0.3 is 0 Å². The van der Waals surface area contributed by atoms with Crippen molar-refractivity contribution in [3.63, 3.8) is 0 Å². The Bertz CT molecular complexity index is 1620. The summed E-state index contributed by atoms with van der Waals surface area (Å²) in [5, 5.41) is 5.46. The van der Waals surface area contributed by atoms with Crippen LogP contribution >= 0.6 is 13.7 Å². The first-order chi connectivity index (χ1) is 20.3. The zero-order valence-electron chi connectivity index (χ0n) is 23.1. The van der Waals surface area contributed by atoms with Crippen molar-refractivity contribution in [2.45, 2.75) is 12.7 Å². The highest BCUT2D eigenvalue weighted by atomic mass is 32.1. The monoisotopic (exact) mass is 566 g/mol. The first-order valence-electron chi connectivity index (χ1n) is 14.1. The van der Waals surface area contributed by atoms with Gasteiger partial charge in [-0.2, -0.15) is 0 Å². The van der Waals surface area contributed by atoms with Gasteiger partial charge in [-0.3, -0.25) is 4.74 Å². The fourth-order valence-electron chi connectivity index (χ4n) is 5.82. The van der Waals surface area contributed by atoms with Crippen LogP contribution < -0.4 is 21.2 Å². The Balaban J connectivity index is 1.81. The summed E-state index contributed by atoms with van der Waals surface area (Å²) >= 11 is 0. The van der Waals surface area contributed by atoms with E-state index in [1.54, 1.807) is 0 Å². The van der Waals surface area contributed by atoms with Crippen LogP contribution in [0.3, 0.4) is 0 Å². The van der Waals surface area contributed by atoms with Gasteiger partial charge >= 0.3 is 0 Å². The van der Waals surface area contributed by atoms with E-state index in [2.05, 4.69) is 182 Å². The quantitative estimate of drug-likeness (QED) is 0.155. The van der Waals surface area contributed by atoms with Gasteiger partial charge in [-0.25, -0.2) is 0 Å². The molecule has 0 heterocycles. The Hall–Kier alpha value is -4.02. The van der Waals surface area contributed by atoms with Crippen LogP contribution in [0.15, 0.2) is 187 Å². The van der Waals surface area contributed by atoms with Crippen molar-refractivity contribution in [3.05, 3.63) is 193 Å². The molecule has 0 unspecified atom stereocenters. The maximum absolute atomic E-state index is 6.05. The van der Waals surface area contributed by atoms with Crippen LogP contribution in [0, 0.1) is 0 Å². The first-order valence-corrected chi connectivity index (χ1v) is 18.5. The van der Waals surface area contributed by atoms with E-state index in [1.807, 2.05) is 0 Å². The molecule has 6 rings (SSSR count). The van der Waals surface area contributed by atoms with Gasteiger partial charge in [-0.1, -0.05) is 133 Å². The van der Waals surface area contributed by atoms with Gasteiger partial charge in [-0.15, -0.1) is 0 Å². The second-order valence-corrected chi connectivity index (χ2v) is 19.3. The van der Waals surface area contributed by atoms with Crippen molar-refractivity contribution < 1.29 is 0 Å². The largest absolute Gasteiger partial charge is 0.254 e. The summed E-state index contributed by atoms with van der Waals surface area (Å²) in [6.45, 7) is -4.12. The molecule has 0 N–H and O–H groups in total. The van der Waals surface area contributed by atoms with Crippen LogP contribution in [0.1, 0.15) is 11.1 Å². The summed E-state index contributed by atoms with van der Waals surface area (Å²) in [5.41, 5.74) is 2.59. The second-order valence-electron chi connectivity index (χ2n) is 10.1. The van der Waals surface area contributed by atoms with Crippen molar-refractivity contribution in [1.82, 2.24) is 0 Å². The SMILES string of the molecule is c1ccc(CN=P(c2ccccc2)(c2ccccc2)[P+](Cc2ccccc2)(c2ccccc2)c2ccccc2)cc1. The lowest BCUT2D eigenvalue weighted by atomic mass is 10.2. The molecule has 0 spiro atoms. The van der Waals surface area contributed by atoms with E-state index in [0.29, 0.717) is 6.54 Å². The fraction of sp³-hybridized carbons (Fsp3) is 0.0526.